The third kappa shape index (κ3) is 3.05. The molecule has 0 saturated heterocycles. The molecule has 0 atom stereocenters. The van der Waals surface area contributed by atoms with Crippen LogP contribution in [0.4, 0.5) is 0 Å². The Hall–Kier alpha value is -1.39. The highest BCUT2D eigenvalue weighted by Gasteiger charge is 2.07. The molecule has 2 rings (SSSR count). The number of hydrogen-bond donors (Lipinski definition) is 0. The molecule has 0 amide bonds. The first kappa shape index (κ1) is 12.1. The molecule has 3 nitrogen and oxygen atoms in total. The standard InChI is InChI=1S/C12H11ClN2OS/c1-2-5-9-6-3-4-7-11(9)16-8-10-12(13)17-15-14-10/h2-7H,8H2,1H3/b5-2+. The van der Waals surface area contributed by atoms with Crippen LogP contribution in [0.3, 0.4) is 0 Å². The molecule has 1 aromatic heterocycles. The highest BCUT2D eigenvalue weighted by molar-refractivity contribution is 7.10. The zero-order chi connectivity index (χ0) is 12.1. The number of allylic oxidation sites excluding steroid dienone is 1. The minimum absolute atomic E-state index is 0.337. The molecule has 1 aromatic carbocycles. The molecule has 0 aliphatic heterocycles. The van der Waals surface area contributed by atoms with E-state index in [1.54, 1.807) is 0 Å². The lowest BCUT2D eigenvalue weighted by atomic mass is 10.2. The number of rotatable bonds is 4. The van der Waals surface area contributed by atoms with E-state index in [9.17, 15) is 0 Å². The van der Waals surface area contributed by atoms with Crippen LogP contribution in [0.1, 0.15) is 18.2 Å². The fourth-order valence-corrected chi connectivity index (χ4v) is 1.96. The highest BCUT2D eigenvalue weighted by Crippen LogP contribution is 2.23. The van der Waals surface area contributed by atoms with E-state index in [1.165, 1.54) is 0 Å². The number of hydrogen-bond acceptors (Lipinski definition) is 4. The van der Waals surface area contributed by atoms with E-state index in [-0.39, 0.29) is 0 Å². The average molecular weight is 267 g/mol. The Morgan fingerprint density at radius 2 is 2.24 bits per heavy atom. The summed E-state index contributed by atoms with van der Waals surface area (Å²) in [7, 11) is 0. The summed E-state index contributed by atoms with van der Waals surface area (Å²) < 4.78 is 10.0. The van der Waals surface area contributed by atoms with E-state index >= 15 is 0 Å². The van der Waals surface area contributed by atoms with E-state index in [1.807, 2.05) is 43.3 Å². The second kappa shape index (κ2) is 5.80. The van der Waals surface area contributed by atoms with Gasteiger partial charge in [-0.1, -0.05) is 46.4 Å². The van der Waals surface area contributed by atoms with Crippen molar-refractivity contribution >= 4 is 29.2 Å². The van der Waals surface area contributed by atoms with Gasteiger partial charge in [0.25, 0.3) is 0 Å². The van der Waals surface area contributed by atoms with E-state index in [2.05, 4.69) is 9.59 Å². The third-order valence-electron chi connectivity index (χ3n) is 2.14. The van der Waals surface area contributed by atoms with Gasteiger partial charge in [0.15, 0.2) is 0 Å². The minimum atomic E-state index is 0.337. The van der Waals surface area contributed by atoms with Crippen LogP contribution in [0.25, 0.3) is 6.08 Å². The van der Waals surface area contributed by atoms with Crippen molar-refractivity contribution in [1.29, 1.82) is 0 Å². The van der Waals surface area contributed by atoms with Gasteiger partial charge in [0.1, 0.15) is 22.4 Å². The molecule has 1 heterocycles. The van der Waals surface area contributed by atoms with Crippen LogP contribution in [0.15, 0.2) is 30.3 Å². The maximum Gasteiger partial charge on any atom is 0.141 e. The quantitative estimate of drug-likeness (QED) is 0.844. The Bertz CT molecular complexity index is 525. The lowest BCUT2D eigenvalue weighted by molar-refractivity contribution is 0.300. The first-order chi connectivity index (χ1) is 8.31. The van der Waals surface area contributed by atoms with Crippen molar-refractivity contribution in [2.75, 3.05) is 0 Å². The van der Waals surface area contributed by atoms with Crippen molar-refractivity contribution in [2.45, 2.75) is 13.5 Å². The van der Waals surface area contributed by atoms with Crippen molar-refractivity contribution in [3.05, 3.63) is 45.9 Å². The molecule has 17 heavy (non-hydrogen) atoms. The Labute approximate surface area is 109 Å². The summed E-state index contributed by atoms with van der Waals surface area (Å²) in [5.74, 6) is 0.815. The summed E-state index contributed by atoms with van der Waals surface area (Å²) in [6, 6.07) is 7.82. The van der Waals surface area contributed by atoms with Gasteiger partial charge in [-0.05, 0) is 13.0 Å². The van der Waals surface area contributed by atoms with Crippen molar-refractivity contribution < 1.29 is 4.74 Å². The lowest BCUT2D eigenvalue weighted by Crippen LogP contribution is -1.97. The summed E-state index contributed by atoms with van der Waals surface area (Å²) in [4.78, 5) is 0. The van der Waals surface area contributed by atoms with Gasteiger partial charge >= 0.3 is 0 Å². The van der Waals surface area contributed by atoms with E-state index < -0.39 is 0 Å². The molecule has 0 radical (unpaired) electrons. The van der Waals surface area contributed by atoms with Gasteiger partial charge in [0, 0.05) is 17.1 Å². The van der Waals surface area contributed by atoms with E-state index in [0.717, 1.165) is 22.8 Å². The lowest BCUT2D eigenvalue weighted by Gasteiger charge is -2.07. The second-order valence-corrected chi connectivity index (χ2v) is 4.68. The van der Waals surface area contributed by atoms with E-state index in [0.29, 0.717) is 16.6 Å². The fraction of sp³-hybridized carbons (Fsp3) is 0.167. The molecule has 0 aliphatic carbocycles. The monoisotopic (exact) mass is 266 g/mol. The number of halogens is 1. The Morgan fingerprint density at radius 3 is 2.94 bits per heavy atom. The summed E-state index contributed by atoms with van der Waals surface area (Å²) in [6.07, 6.45) is 3.97. The molecule has 0 saturated carbocycles. The number of nitrogens with zero attached hydrogens (tertiary/aromatic N) is 2. The second-order valence-electron chi connectivity index (χ2n) is 3.32. The molecule has 88 valence electrons. The molecule has 0 aliphatic rings. The topological polar surface area (TPSA) is 35.0 Å². The number of ether oxygens (including phenoxy) is 1. The van der Waals surface area contributed by atoms with Gasteiger partial charge in [-0.15, -0.1) is 5.10 Å². The van der Waals surface area contributed by atoms with Crippen molar-refractivity contribution in [1.82, 2.24) is 9.59 Å². The Kier molecular flexibility index (Phi) is 4.12. The maximum absolute atomic E-state index is 5.91. The van der Waals surface area contributed by atoms with Crippen LogP contribution in [-0.4, -0.2) is 9.59 Å². The van der Waals surface area contributed by atoms with Gasteiger partial charge in [-0.25, -0.2) is 0 Å². The van der Waals surface area contributed by atoms with Crippen molar-refractivity contribution in [3.8, 4) is 5.75 Å². The molecule has 0 fully saturated rings. The van der Waals surface area contributed by atoms with Crippen LogP contribution in [0, 0.1) is 0 Å². The minimum Gasteiger partial charge on any atom is -0.487 e. The molecule has 0 bridgehead atoms. The molecular formula is C12H11ClN2OS. The van der Waals surface area contributed by atoms with Crippen molar-refractivity contribution in [3.63, 3.8) is 0 Å². The molecule has 0 N–H and O–H groups in total. The molecule has 0 spiro atoms. The Morgan fingerprint density at radius 1 is 1.41 bits per heavy atom. The average Bonchev–Trinajstić information content (AvgIpc) is 2.74. The number of benzene rings is 1. The van der Waals surface area contributed by atoms with Crippen LogP contribution in [0.5, 0.6) is 5.75 Å². The molecule has 5 heteroatoms. The molecule has 0 unspecified atom stereocenters. The predicted octanol–water partition coefficient (Wildman–Crippen LogP) is 3.80. The van der Waals surface area contributed by atoms with Gasteiger partial charge in [-0.3, -0.25) is 0 Å². The van der Waals surface area contributed by atoms with Gasteiger partial charge in [-0.2, -0.15) is 0 Å². The first-order valence-electron chi connectivity index (χ1n) is 5.12. The van der Waals surface area contributed by atoms with Crippen LogP contribution < -0.4 is 4.74 Å². The van der Waals surface area contributed by atoms with Crippen LogP contribution >= 0.6 is 23.1 Å². The summed E-state index contributed by atoms with van der Waals surface area (Å²) in [5.41, 5.74) is 1.71. The zero-order valence-electron chi connectivity index (χ0n) is 9.26. The first-order valence-corrected chi connectivity index (χ1v) is 6.27. The van der Waals surface area contributed by atoms with Gasteiger partial charge < -0.3 is 4.74 Å². The van der Waals surface area contributed by atoms with Crippen LogP contribution in [0.2, 0.25) is 4.34 Å². The maximum atomic E-state index is 5.91. The number of aromatic nitrogens is 2. The van der Waals surface area contributed by atoms with Gasteiger partial charge in [0.05, 0.1) is 0 Å². The van der Waals surface area contributed by atoms with Crippen LogP contribution in [-0.2, 0) is 6.61 Å². The molecule has 2 aromatic rings. The van der Waals surface area contributed by atoms with Crippen molar-refractivity contribution in [2.24, 2.45) is 0 Å². The fourth-order valence-electron chi connectivity index (χ4n) is 1.36. The number of para-hydroxylation sites is 1. The summed E-state index contributed by atoms with van der Waals surface area (Å²) in [6.45, 7) is 2.31. The zero-order valence-corrected chi connectivity index (χ0v) is 10.8. The Balaban J connectivity index is 2.11. The largest absolute Gasteiger partial charge is 0.487 e. The van der Waals surface area contributed by atoms with E-state index in [4.69, 9.17) is 16.3 Å². The summed E-state index contributed by atoms with van der Waals surface area (Å²) >= 11 is 7.07. The van der Waals surface area contributed by atoms with Gasteiger partial charge in [0.2, 0.25) is 0 Å². The highest BCUT2D eigenvalue weighted by atomic mass is 35.5. The third-order valence-corrected chi connectivity index (χ3v) is 3.12. The smallest absolute Gasteiger partial charge is 0.141 e. The SMILES string of the molecule is C/C=C/c1ccccc1OCc1nnsc1Cl. The summed E-state index contributed by atoms with van der Waals surface area (Å²) in [5, 5.41) is 3.90. The normalized spacial score (nSPS) is 10.9. The molecular weight excluding hydrogens is 256 g/mol. The predicted molar refractivity (Wildman–Crippen MR) is 70.4 cm³/mol.